The fourth-order valence-electron chi connectivity index (χ4n) is 4.18. The van der Waals surface area contributed by atoms with E-state index >= 15 is 0 Å². The number of urea groups is 1. The van der Waals surface area contributed by atoms with Crippen LogP contribution in [-0.4, -0.2) is 27.0 Å². The lowest BCUT2D eigenvalue weighted by Crippen LogP contribution is -2.45. The van der Waals surface area contributed by atoms with Gasteiger partial charge in [0.15, 0.2) is 5.54 Å². The van der Waals surface area contributed by atoms with Crippen LogP contribution in [0.25, 0.3) is 10.8 Å². The Labute approximate surface area is 195 Å². The van der Waals surface area contributed by atoms with E-state index in [-0.39, 0.29) is 18.3 Å². The predicted molar refractivity (Wildman–Crippen MR) is 124 cm³/mol. The highest BCUT2D eigenvalue weighted by atomic mass is 32.1. The highest BCUT2D eigenvalue weighted by molar-refractivity contribution is 7.15. The third-order valence-electron chi connectivity index (χ3n) is 5.83. The minimum absolute atomic E-state index is 0.107. The Morgan fingerprint density at radius 1 is 1.00 bits per heavy atom. The Morgan fingerprint density at radius 3 is 2.21 bits per heavy atom. The van der Waals surface area contributed by atoms with Crippen molar-refractivity contribution in [2.75, 3.05) is 0 Å². The van der Waals surface area contributed by atoms with Crippen molar-refractivity contribution in [1.29, 1.82) is 0 Å². The SMILES string of the molecule is CCc1sc(-c2nnc(CN3C(=O)NC(c4ccccc4)(c4ccccc4)C3=O)o2)cc1C. The number of rotatable bonds is 6. The third-order valence-corrected chi connectivity index (χ3v) is 7.20. The summed E-state index contributed by atoms with van der Waals surface area (Å²) >= 11 is 1.61. The number of imide groups is 1. The molecule has 2 aromatic carbocycles. The van der Waals surface area contributed by atoms with Crippen LogP contribution in [0.2, 0.25) is 0 Å². The van der Waals surface area contributed by atoms with Crippen molar-refractivity contribution in [3.8, 4) is 10.8 Å². The second-order valence-electron chi connectivity index (χ2n) is 7.87. The molecule has 1 aliphatic rings. The highest BCUT2D eigenvalue weighted by Crippen LogP contribution is 2.37. The molecule has 8 heteroatoms. The standard InChI is InChI=1S/C25H22N4O3S/c1-3-19-16(2)14-20(33-19)22-28-27-21(32-22)15-29-23(30)25(26-24(29)31,17-10-6-4-7-11-17)18-12-8-5-9-13-18/h4-14H,3,15H2,1-2H3,(H,26,31). The van der Waals surface area contributed by atoms with E-state index in [0.29, 0.717) is 17.0 Å². The van der Waals surface area contributed by atoms with Gasteiger partial charge in [-0.05, 0) is 36.1 Å². The van der Waals surface area contributed by atoms with Gasteiger partial charge in [0.05, 0.1) is 4.88 Å². The Morgan fingerprint density at radius 2 is 1.64 bits per heavy atom. The second-order valence-corrected chi connectivity index (χ2v) is 9.01. The number of thiophene rings is 1. The number of aryl methyl sites for hydroxylation is 2. The molecule has 0 aliphatic carbocycles. The number of hydrogen-bond donors (Lipinski definition) is 1. The molecule has 1 fully saturated rings. The molecule has 0 spiro atoms. The molecular weight excluding hydrogens is 436 g/mol. The molecule has 33 heavy (non-hydrogen) atoms. The average Bonchev–Trinajstić information content (AvgIpc) is 3.53. The van der Waals surface area contributed by atoms with Gasteiger partial charge in [-0.3, -0.25) is 9.69 Å². The zero-order valence-corrected chi connectivity index (χ0v) is 19.1. The van der Waals surface area contributed by atoms with Gasteiger partial charge < -0.3 is 9.73 Å². The lowest BCUT2D eigenvalue weighted by atomic mass is 9.82. The normalized spacial score (nSPS) is 15.2. The zero-order valence-electron chi connectivity index (χ0n) is 18.2. The van der Waals surface area contributed by atoms with Crippen LogP contribution < -0.4 is 5.32 Å². The number of carbonyl (C=O) groups excluding carboxylic acids is 2. The first-order chi connectivity index (χ1) is 16.0. The van der Waals surface area contributed by atoms with Crippen LogP contribution in [0.15, 0.2) is 71.1 Å². The number of aromatic nitrogens is 2. The second kappa shape index (κ2) is 8.29. The quantitative estimate of drug-likeness (QED) is 0.425. The van der Waals surface area contributed by atoms with E-state index in [1.54, 1.807) is 11.3 Å². The molecule has 1 aliphatic heterocycles. The first kappa shape index (κ1) is 21.1. The van der Waals surface area contributed by atoms with Crippen molar-refractivity contribution in [1.82, 2.24) is 20.4 Å². The molecule has 1 N–H and O–H groups in total. The lowest BCUT2D eigenvalue weighted by Gasteiger charge is -2.27. The summed E-state index contributed by atoms with van der Waals surface area (Å²) in [7, 11) is 0. The van der Waals surface area contributed by atoms with E-state index in [2.05, 4.69) is 29.4 Å². The summed E-state index contributed by atoms with van der Waals surface area (Å²) in [6.07, 6.45) is 0.932. The number of carbonyl (C=O) groups is 2. The van der Waals surface area contributed by atoms with Gasteiger partial charge in [-0.15, -0.1) is 21.5 Å². The van der Waals surface area contributed by atoms with Gasteiger partial charge in [-0.2, -0.15) is 0 Å². The van der Waals surface area contributed by atoms with Gasteiger partial charge in [0.25, 0.3) is 11.8 Å². The van der Waals surface area contributed by atoms with Crippen molar-refractivity contribution in [3.63, 3.8) is 0 Å². The number of benzene rings is 2. The monoisotopic (exact) mass is 458 g/mol. The minimum atomic E-state index is -1.32. The molecule has 166 valence electrons. The molecule has 5 rings (SSSR count). The van der Waals surface area contributed by atoms with Gasteiger partial charge >= 0.3 is 6.03 Å². The summed E-state index contributed by atoms with van der Waals surface area (Å²) in [5.74, 6) is 0.210. The molecule has 7 nitrogen and oxygen atoms in total. The van der Waals surface area contributed by atoms with Gasteiger partial charge in [0.1, 0.15) is 6.54 Å². The molecule has 4 aromatic rings. The predicted octanol–water partition coefficient (Wildman–Crippen LogP) is 4.66. The van der Waals surface area contributed by atoms with E-state index in [1.165, 1.54) is 10.4 Å². The Balaban J connectivity index is 1.48. The van der Waals surface area contributed by atoms with Crippen LogP contribution in [-0.2, 0) is 23.3 Å². The van der Waals surface area contributed by atoms with Crippen molar-refractivity contribution in [2.45, 2.75) is 32.4 Å². The first-order valence-corrected chi connectivity index (χ1v) is 11.5. The van der Waals surface area contributed by atoms with Gasteiger partial charge in [-0.1, -0.05) is 67.6 Å². The van der Waals surface area contributed by atoms with E-state index in [4.69, 9.17) is 4.42 Å². The number of nitrogens with one attached hydrogen (secondary N) is 1. The van der Waals surface area contributed by atoms with Crippen LogP contribution in [0, 0.1) is 6.92 Å². The molecule has 1 saturated heterocycles. The molecule has 2 aromatic heterocycles. The Kier molecular flexibility index (Phi) is 5.30. The van der Waals surface area contributed by atoms with E-state index in [1.807, 2.05) is 66.7 Å². The van der Waals surface area contributed by atoms with Crippen LogP contribution in [0.5, 0.6) is 0 Å². The average molecular weight is 459 g/mol. The largest absolute Gasteiger partial charge is 0.418 e. The van der Waals surface area contributed by atoms with E-state index in [0.717, 1.165) is 16.2 Å². The van der Waals surface area contributed by atoms with Gasteiger partial charge in [0.2, 0.25) is 5.89 Å². The lowest BCUT2D eigenvalue weighted by molar-refractivity contribution is -0.130. The molecule has 0 atom stereocenters. The number of amides is 3. The van der Waals surface area contributed by atoms with Crippen LogP contribution in [0.3, 0.4) is 0 Å². The highest BCUT2D eigenvalue weighted by Gasteiger charge is 2.54. The fraction of sp³-hybridized carbons (Fsp3) is 0.200. The van der Waals surface area contributed by atoms with Crippen LogP contribution >= 0.6 is 11.3 Å². The summed E-state index contributed by atoms with van der Waals surface area (Å²) in [6, 6.07) is 20.0. The topological polar surface area (TPSA) is 88.3 Å². The summed E-state index contributed by atoms with van der Waals surface area (Å²) in [5.41, 5.74) is 1.24. The molecule has 0 unspecified atom stereocenters. The fourth-order valence-corrected chi connectivity index (χ4v) is 5.22. The Hall–Kier alpha value is -3.78. The summed E-state index contributed by atoms with van der Waals surface area (Å²) in [4.78, 5) is 30.1. The molecule has 3 amide bonds. The van der Waals surface area contributed by atoms with Gasteiger partial charge in [0, 0.05) is 4.88 Å². The molecule has 0 saturated carbocycles. The zero-order chi connectivity index (χ0) is 23.0. The maximum Gasteiger partial charge on any atom is 0.326 e. The summed E-state index contributed by atoms with van der Waals surface area (Å²) in [6.45, 7) is 4.05. The van der Waals surface area contributed by atoms with Crippen molar-refractivity contribution >= 4 is 23.3 Å². The maximum absolute atomic E-state index is 13.8. The van der Waals surface area contributed by atoms with Gasteiger partial charge in [-0.25, -0.2) is 4.79 Å². The maximum atomic E-state index is 13.8. The van der Waals surface area contributed by atoms with Crippen molar-refractivity contribution in [3.05, 3.63) is 94.2 Å². The van der Waals surface area contributed by atoms with E-state index in [9.17, 15) is 9.59 Å². The molecular formula is C25H22N4O3S. The first-order valence-electron chi connectivity index (χ1n) is 10.7. The van der Waals surface area contributed by atoms with Crippen molar-refractivity contribution in [2.24, 2.45) is 0 Å². The van der Waals surface area contributed by atoms with Crippen LogP contribution in [0.1, 0.15) is 34.4 Å². The Bertz CT molecular complexity index is 1270. The van der Waals surface area contributed by atoms with Crippen LogP contribution in [0.4, 0.5) is 4.79 Å². The van der Waals surface area contributed by atoms with E-state index < -0.39 is 11.6 Å². The minimum Gasteiger partial charge on any atom is -0.418 e. The summed E-state index contributed by atoms with van der Waals surface area (Å²) < 4.78 is 5.84. The summed E-state index contributed by atoms with van der Waals surface area (Å²) in [5, 5.41) is 11.2. The van der Waals surface area contributed by atoms with Crippen molar-refractivity contribution < 1.29 is 14.0 Å². The number of hydrogen-bond acceptors (Lipinski definition) is 6. The third kappa shape index (κ3) is 3.52. The smallest absolute Gasteiger partial charge is 0.326 e. The molecule has 0 radical (unpaired) electrons. The molecule has 0 bridgehead atoms. The molecule has 3 heterocycles. The number of nitrogens with zero attached hydrogens (tertiary/aromatic N) is 3.